The maximum absolute atomic E-state index is 12.3. The fourth-order valence-corrected chi connectivity index (χ4v) is 3.03. The van der Waals surface area contributed by atoms with E-state index in [1.807, 2.05) is 29.2 Å². The lowest BCUT2D eigenvalue weighted by Crippen LogP contribution is -2.49. The first-order chi connectivity index (χ1) is 10.2. The van der Waals surface area contributed by atoms with E-state index in [-0.39, 0.29) is 12.0 Å². The van der Waals surface area contributed by atoms with Crippen molar-refractivity contribution in [1.82, 2.24) is 4.90 Å². The third-order valence-electron chi connectivity index (χ3n) is 4.32. The highest BCUT2D eigenvalue weighted by Gasteiger charge is 2.25. The van der Waals surface area contributed by atoms with Gasteiger partial charge in [-0.2, -0.15) is 0 Å². The Balaban J connectivity index is 1.50. The van der Waals surface area contributed by atoms with Crippen molar-refractivity contribution < 1.29 is 9.53 Å². The van der Waals surface area contributed by atoms with Crippen molar-refractivity contribution in [2.24, 2.45) is 0 Å². The smallest absolute Gasteiger partial charge is 0.225 e. The molecule has 2 heterocycles. The third-order valence-corrected chi connectivity index (χ3v) is 4.32. The monoisotopic (exact) mass is 289 g/mol. The number of benzene rings is 1. The highest BCUT2D eigenvalue weighted by atomic mass is 16.5. The zero-order valence-corrected chi connectivity index (χ0v) is 12.3. The van der Waals surface area contributed by atoms with Gasteiger partial charge in [0.25, 0.3) is 0 Å². The molecule has 1 aromatic carbocycles. The molecule has 0 spiro atoms. The van der Waals surface area contributed by atoms with E-state index in [1.54, 1.807) is 0 Å². The van der Waals surface area contributed by atoms with E-state index in [9.17, 15) is 4.79 Å². The van der Waals surface area contributed by atoms with E-state index < -0.39 is 0 Å². The van der Waals surface area contributed by atoms with Crippen LogP contribution in [-0.4, -0.2) is 49.7 Å². The zero-order chi connectivity index (χ0) is 14.7. The number of hydrogen-bond acceptors (Lipinski definition) is 4. The molecule has 5 heteroatoms. The largest absolute Gasteiger partial charge is 0.399 e. The lowest BCUT2D eigenvalue weighted by Gasteiger charge is -2.36. The first kappa shape index (κ1) is 14.2. The Hall–Kier alpha value is -1.75. The minimum absolute atomic E-state index is 0.146. The van der Waals surface area contributed by atoms with Gasteiger partial charge >= 0.3 is 0 Å². The summed E-state index contributed by atoms with van der Waals surface area (Å²) in [5.41, 5.74) is 7.67. The van der Waals surface area contributed by atoms with E-state index >= 15 is 0 Å². The van der Waals surface area contributed by atoms with Crippen LogP contribution in [0.3, 0.4) is 0 Å². The number of carbonyl (C=O) groups is 1. The van der Waals surface area contributed by atoms with E-state index in [4.69, 9.17) is 10.5 Å². The number of nitrogen functional groups attached to an aromatic ring is 1. The number of amides is 1. The second-order valence-corrected chi connectivity index (χ2v) is 5.80. The Kier molecular flexibility index (Phi) is 4.29. The summed E-state index contributed by atoms with van der Waals surface area (Å²) in [5, 5.41) is 0. The van der Waals surface area contributed by atoms with Crippen molar-refractivity contribution in [2.45, 2.75) is 25.4 Å². The number of rotatable bonds is 3. The standard InChI is InChI=1S/C16H23N3O2/c17-13-3-5-14(6-4-13)18-7-9-19(10-8-18)16(20)12-15-2-1-11-21-15/h3-6,15H,1-2,7-12,17H2. The number of hydrogen-bond donors (Lipinski definition) is 1. The van der Waals surface area contributed by atoms with Gasteiger partial charge in [-0.25, -0.2) is 0 Å². The molecule has 1 amide bonds. The van der Waals surface area contributed by atoms with Gasteiger partial charge in [0.05, 0.1) is 12.5 Å². The molecular formula is C16H23N3O2. The van der Waals surface area contributed by atoms with Gasteiger partial charge in [-0.15, -0.1) is 0 Å². The van der Waals surface area contributed by atoms with Crippen molar-refractivity contribution in [1.29, 1.82) is 0 Å². The van der Waals surface area contributed by atoms with Crippen LogP contribution in [0.2, 0.25) is 0 Å². The van der Waals surface area contributed by atoms with E-state index in [1.165, 1.54) is 5.69 Å². The van der Waals surface area contributed by atoms with Crippen LogP contribution in [0.4, 0.5) is 11.4 Å². The average molecular weight is 289 g/mol. The van der Waals surface area contributed by atoms with Gasteiger partial charge < -0.3 is 20.3 Å². The van der Waals surface area contributed by atoms with Crippen LogP contribution in [0.15, 0.2) is 24.3 Å². The molecule has 0 bridgehead atoms. The first-order valence-electron chi connectivity index (χ1n) is 7.72. The van der Waals surface area contributed by atoms with Crippen LogP contribution in [0.5, 0.6) is 0 Å². The summed E-state index contributed by atoms with van der Waals surface area (Å²) in [5.74, 6) is 0.235. The van der Waals surface area contributed by atoms with Gasteiger partial charge in [-0.1, -0.05) is 0 Å². The molecular weight excluding hydrogens is 266 g/mol. The summed E-state index contributed by atoms with van der Waals surface area (Å²) < 4.78 is 5.55. The second-order valence-electron chi connectivity index (χ2n) is 5.80. The van der Waals surface area contributed by atoms with Crippen LogP contribution in [0.1, 0.15) is 19.3 Å². The SMILES string of the molecule is Nc1ccc(N2CCN(C(=O)CC3CCCO3)CC2)cc1. The van der Waals surface area contributed by atoms with Crippen LogP contribution in [0, 0.1) is 0 Å². The Morgan fingerprint density at radius 1 is 1.19 bits per heavy atom. The number of ether oxygens (including phenoxy) is 1. The molecule has 1 unspecified atom stereocenters. The molecule has 0 saturated carbocycles. The highest BCUT2D eigenvalue weighted by molar-refractivity contribution is 5.77. The predicted molar refractivity (Wildman–Crippen MR) is 83.2 cm³/mol. The molecule has 0 radical (unpaired) electrons. The normalized spacial score (nSPS) is 22.6. The Labute approximate surface area is 125 Å². The summed E-state index contributed by atoms with van der Waals surface area (Å²) in [7, 11) is 0. The van der Waals surface area contributed by atoms with Gasteiger partial charge in [0.2, 0.25) is 5.91 Å². The molecule has 2 fully saturated rings. The first-order valence-corrected chi connectivity index (χ1v) is 7.72. The minimum Gasteiger partial charge on any atom is -0.399 e. The molecule has 114 valence electrons. The molecule has 2 aliphatic rings. The minimum atomic E-state index is 0.146. The average Bonchev–Trinajstić information content (AvgIpc) is 3.01. The molecule has 2 saturated heterocycles. The van der Waals surface area contributed by atoms with Gasteiger partial charge in [-0.3, -0.25) is 4.79 Å². The number of carbonyl (C=O) groups excluding carboxylic acids is 1. The molecule has 21 heavy (non-hydrogen) atoms. The summed E-state index contributed by atoms with van der Waals surface area (Å²) in [6, 6.07) is 7.92. The molecule has 0 aliphatic carbocycles. The van der Waals surface area contributed by atoms with E-state index in [2.05, 4.69) is 4.90 Å². The van der Waals surface area contributed by atoms with Crippen LogP contribution < -0.4 is 10.6 Å². The van der Waals surface area contributed by atoms with Gasteiger partial charge in [-0.05, 0) is 37.1 Å². The highest BCUT2D eigenvalue weighted by Crippen LogP contribution is 2.20. The van der Waals surface area contributed by atoms with Crippen molar-refractivity contribution in [3.8, 4) is 0 Å². The molecule has 5 nitrogen and oxygen atoms in total. The fraction of sp³-hybridized carbons (Fsp3) is 0.562. The van der Waals surface area contributed by atoms with Crippen molar-refractivity contribution in [3.05, 3.63) is 24.3 Å². The Bertz CT molecular complexity index is 475. The number of piperazine rings is 1. The molecule has 1 aromatic rings. The van der Waals surface area contributed by atoms with E-state index in [0.717, 1.165) is 51.3 Å². The number of nitrogens with zero attached hydrogens (tertiary/aromatic N) is 2. The van der Waals surface area contributed by atoms with Crippen molar-refractivity contribution in [3.63, 3.8) is 0 Å². The third kappa shape index (κ3) is 3.47. The molecule has 2 N–H and O–H groups in total. The summed E-state index contributed by atoms with van der Waals surface area (Å²) in [6.45, 7) is 4.14. The lowest BCUT2D eigenvalue weighted by molar-refractivity contribution is -0.133. The molecule has 1 atom stereocenters. The fourth-order valence-electron chi connectivity index (χ4n) is 3.03. The lowest BCUT2D eigenvalue weighted by atomic mass is 10.1. The molecule has 2 aliphatic heterocycles. The zero-order valence-electron chi connectivity index (χ0n) is 12.3. The molecule has 0 aromatic heterocycles. The topological polar surface area (TPSA) is 58.8 Å². The predicted octanol–water partition coefficient (Wildman–Crippen LogP) is 1.49. The van der Waals surface area contributed by atoms with Crippen molar-refractivity contribution >= 4 is 17.3 Å². The summed E-state index contributed by atoms with van der Waals surface area (Å²) in [4.78, 5) is 16.5. The van der Waals surface area contributed by atoms with Crippen molar-refractivity contribution in [2.75, 3.05) is 43.4 Å². The number of anilines is 2. The summed E-state index contributed by atoms with van der Waals surface area (Å²) in [6.07, 6.45) is 2.80. The van der Waals surface area contributed by atoms with E-state index in [0.29, 0.717) is 6.42 Å². The summed E-state index contributed by atoms with van der Waals surface area (Å²) >= 11 is 0. The number of nitrogens with two attached hydrogens (primary N) is 1. The van der Waals surface area contributed by atoms with Gasteiger partial charge in [0.1, 0.15) is 0 Å². The quantitative estimate of drug-likeness (QED) is 0.857. The molecule has 3 rings (SSSR count). The Morgan fingerprint density at radius 2 is 1.90 bits per heavy atom. The van der Waals surface area contributed by atoms with Gasteiger partial charge in [0, 0.05) is 44.2 Å². The Morgan fingerprint density at radius 3 is 2.52 bits per heavy atom. The second kappa shape index (κ2) is 6.35. The maximum atomic E-state index is 12.3. The van der Waals surface area contributed by atoms with Crippen LogP contribution >= 0.6 is 0 Å². The van der Waals surface area contributed by atoms with Crippen LogP contribution in [0.25, 0.3) is 0 Å². The maximum Gasteiger partial charge on any atom is 0.225 e. The van der Waals surface area contributed by atoms with Crippen LogP contribution in [-0.2, 0) is 9.53 Å². The van der Waals surface area contributed by atoms with Gasteiger partial charge in [0.15, 0.2) is 0 Å².